The molecule has 0 atom stereocenters. The third-order valence-corrected chi connectivity index (χ3v) is 4.99. The second-order valence-electron chi connectivity index (χ2n) is 7.40. The third-order valence-electron chi connectivity index (χ3n) is 4.99. The van der Waals surface area contributed by atoms with E-state index in [1.165, 1.54) is 30.7 Å². The Kier molecular flexibility index (Phi) is 6.72. The van der Waals surface area contributed by atoms with E-state index in [-0.39, 0.29) is 11.5 Å². The highest BCUT2D eigenvalue weighted by Crippen LogP contribution is 2.29. The van der Waals surface area contributed by atoms with Crippen molar-refractivity contribution in [3.63, 3.8) is 0 Å². The van der Waals surface area contributed by atoms with Crippen LogP contribution in [0.1, 0.15) is 38.2 Å². The number of benzene rings is 2. The van der Waals surface area contributed by atoms with Crippen LogP contribution >= 0.6 is 0 Å². The minimum atomic E-state index is -0.175. The van der Waals surface area contributed by atoms with Gasteiger partial charge in [-0.3, -0.25) is 14.2 Å². The quantitative estimate of drug-likeness (QED) is 0.609. The fourth-order valence-corrected chi connectivity index (χ4v) is 3.23. The van der Waals surface area contributed by atoms with Crippen molar-refractivity contribution in [1.82, 2.24) is 9.55 Å². The highest BCUT2D eigenvalue weighted by Gasteiger charge is 2.11. The number of hydrogen-bond donors (Lipinski definition) is 1. The van der Waals surface area contributed by atoms with E-state index in [0.29, 0.717) is 47.7 Å². The molecular weight excluding hydrogens is 382 g/mol. The van der Waals surface area contributed by atoms with Crippen molar-refractivity contribution in [1.29, 1.82) is 0 Å². The molecule has 7 nitrogen and oxygen atoms in total. The molecule has 7 heteroatoms. The second kappa shape index (κ2) is 9.43. The number of anilines is 1. The number of carbonyl (C=O) groups excluding carboxylic acids is 1. The molecule has 1 heterocycles. The summed E-state index contributed by atoms with van der Waals surface area (Å²) in [5, 5.41) is 3.34. The first-order chi connectivity index (χ1) is 14.4. The Bertz CT molecular complexity index is 1090. The molecule has 3 rings (SSSR count). The van der Waals surface area contributed by atoms with Gasteiger partial charge in [-0.2, -0.15) is 0 Å². The van der Waals surface area contributed by atoms with Crippen LogP contribution in [0, 0.1) is 0 Å². The Morgan fingerprint density at radius 1 is 1.10 bits per heavy atom. The molecule has 0 spiro atoms. The molecule has 0 saturated carbocycles. The van der Waals surface area contributed by atoms with Crippen LogP contribution in [-0.2, 0) is 11.3 Å². The van der Waals surface area contributed by atoms with E-state index in [1.807, 2.05) is 24.3 Å². The molecule has 0 bridgehead atoms. The lowest BCUT2D eigenvalue weighted by molar-refractivity contribution is -0.116. The Hall–Kier alpha value is -3.35. The van der Waals surface area contributed by atoms with Crippen molar-refractivity contribution in [3.8, 4) is 11.5 Å². The van der Waals surface area contributed by atoms with Crippen LogP contribution in [-0.4, -0.2) is 29.7 Å². The lowest BCUT2D eigenvalue weighted by Crippen LogP contribution is -2.22. The molecule has 3 aromatic rings. The lowest BCUT2D eigenvalue weighted by atomic mass is 10.0. The van der Waals surface area contributed by atoms with E-state index in [2.05, 4.69) is 24.1 Å². The summed E-state index contributed by atoms with van der Waals surface area (Å²) in [6.45, 7) is 4.66. The highest BCUT2D eigenvalue weighted by molar-refractivity contribution is 5.90. The van der Waals surface area contributed by atoms with E-state index in [4.69, 9.17) is 9.47 Å². The number of aromatic nitrogens is 2. The summed E-state index contributed by atoms with van der Waals surface area (Å²) < 4.78 is 12.0. The fourth-order valence-electron chi connectivity index (χ4n) is 3.23. The Balaban J connectivity index is 1.63. The van der Waals surface area contributed by atoms with E-state index in [0.717, 1.165) is 5.69 Å². The van der Waals surface area contributed by atoms with Gasteiger partial charge in [-0.25, -0.2) is 4.98 Å². The molecule has 0 radical (unpaired) electrons. The topological polar surface area (TPSA) is 82.5 Å². The predicted octanol–water partition coefficient (Wildman–Crippen LogP) is 3.96. The van der Waals surface area contributed by atoms with Gasteiger partial charge < -0.3 is 14.8 Å². The molecule has 1 amide bonds. The molecule has 158 valence electrons. The van der Waals surface area contributed by atoms with Gasteiger partial charge in [0.1, 0.15) is 0 Å². The van der Waals surface area contributed by atoms with Crippen molar-refractivity contribution in [3.05, 3.63) is 58.6 Å². The van der Waals surface area contributed by atoms with Gasteiger partial charge in [0.25, 0.3) is 5.56 Å². The monoisotopic (exact) mass is 409 g/mol. The van der Waals surface area contributed by atoms with Crippen LogP contribution in [0.4, 0.5) is 5.69 Å². The number of nitrogens with zero attached hydrogens (tertiary/aromatic N) is 2. The molecule has 0 unspecified atom stereocenters. The summed E-state index contributed by atoms with van der Waals surface area (Å²) >= 11 is 0. The summed E-state index contributed by atoms with van der Waals surface area (Å²) in [7, 11) is 3.06. The first kappa shape index (κ1) is 21.4. The van der Waals surface area contributed by atoms with Crippen molar-refractivity contribution >= 4 is 22.5 Å². The minimum Gasteiger partial charge on any atom is -0.493 e. The molecular formula is C23H27N3O4. The first-order valence-electron chi connectivity index (χ1n) is 9.94. The molecule has 0 saturated heterocycles. The number of ether oxygens (including phenoxy) is 2. The van der Waals surface area contributed by atoms with Crippen molar-refractivity contribution in [2.45, 2.75) is 39.2 Å². The number of nitrogens with one attached hydrogen (secondary N) is 1. The average Bonchev–Trinajstić information content (AvgIpc) is 2.75. The van der Waals surface area contributed by atoms with Crippen molar-refractivity contribution < 1.29 is 14.3 Å². The largest absolute Gasteiger partial charge is 0.493 e. The Labute approximate surface area is 175 Å². The molecule has 0 aliphatic heterocycles. The molecule has 0 aliphatic carbocycles. The summed E-state index contributed by atoms with van der Waals surface area (Å²) in [5.41, 5.74) is 2.36. The summed E-state index contributed by atoms with van der Waals surface area (Å²) in [4.78, 5) is 29.3. The molecule has 30 heavy (non-hydrogen) atoms. The minimum absolute atomic E-state index is 0.0829. The van der Waals surface area contributed by atoms with Crippen LogP contribution in [0.3, 0.4) is 0 Å². The lowest BCUT2D eigenvalue weighted by Gasteiger charge is -2.11. The SMILES string of the molecule is COc1cc2ncn(CCCC(=O)Nc3ccc(C(C)C)cc3)c(=O)c2cc1OC. The number of methoxy groups -OCH3 is 2. The van der Waals surface area contributed by atoms with Crippen molar-refractivity contribution in [2.24, 2.45) is 0 Å². The summed E-state index contributed by atoms with van der Waals surface area (Å²) in [6.07, 6.45) is 2.33. The van der Waals surface area contributed by atoms with Crippen molar-refractivity contribution in [2.75, 3.05) is 19.5 Å². The standard InChI is InChI=1S/C23H27N3O4/c1-15(2)16-7-9-17(10-8-16)25-22(27)6-5-11-26-14-24-19-13-21(30-4)20(29-3)12-18(19)23(26)28/h7-10,12-15H,5-6,11H2,1-4H3,(H,25,27). The highest BCUT2D eigenvalue weighted by atomic mass is 16.5. The zero-order valence-electron chi connectivity index (χ0n) is 17.8. The molecule has 0 fully saturated rings. The van der Waals surface area contributed by atoms with Gasteiger partial charge in [-0.05, 0) is 36.1 Å². The normalized spacial score (nSPS) is 11.0. The van der Waals surface area contributed by atoms with E-state index >= 15 is 0 Å². The number of aryl methyl sites for hydroxylation is 1. The summed E-state index contributed by atoms with van der Waals surface area (Å²) in [6, 6.07) is 11.2. The number of hydrogen-bond acceptors (Lipinski definition) is 5. The third kappa shape index (κ3) is 4.79. The zero-order chi connectivity index (χ0) is 21.7. The Morgan fingerprint density at radius 2 is 1.77 bits per heavy atom. The van der Waals surface area contributed by atoms with Gasteiger partial charge in [0.2, 0.25) is 5.91 Å². The molecule has 1 N–H and O–H groups in total. The Morgan fingerprint density at radius 3 is 2.40 bits per heavy atom. The second-order valence-corrected chi connectivity index (χ2v) is 7.40. The zero-order valence-corrected chi connectivity index (χ0v) is 17.8. The van der Waals surface area contributed by atoms with Gasteiger partial charge in [-0.15, -0.1) is 0 Å². The maximum absolute atomic E-state index is 12.8. The van der Waals surface area contributed by atoms with Gasteiger partial charge in [-0.1, -0.05) is 26.0 Å². The van der Waals surface area contributed by atoms with Gasteiger partial charge in [0.15, 0.2) is 11.5 Å². The van der Waals surface area contributed by atoms with Crippen LogP contribution in [0.2, 0.25) is 0 Å². The number of amides is 1. The molecule has 2 aromatic carbocycles. The predicted molar refractivity (Wildman–Crippen MR) is 118 cm³/mol. The van der Waals surface area contributed by atoms with Crippen LogP contribution in [0.25, 0.3) is 10.9 Å². The van der Waals surface area contributed by atoms with E-state index in [9.17, 15) is 9.59 Å². The van der Waals surface area contributed by atoms with E-state index in [1.54, 1.807) is 12.1 Å². The smallest absolute Gasteiger partial charge is 0.261 e. The maximum Gasteiger partial charge on any atom is 0.261 e. The van der Waals surface area contributed by atoms with E-state index < -0.39 is 0 Å². The summed E-state index contributed by atoms with van der Waals surface area (Å²) in [5.74, 6) is 1.36. The van der Waals surface area contributed by atoms with Gasteiger partial charge in [0, 0.05) is 24.7 Å². The number of fused-ring (bicyclic) bond motifs is 1. The molecule has 0 aliphatic rings. The van der Waals surface area contributed by atoms with Crippen LogP contribution in [0.5, 0.6) is 11.5 Å². The van der Waals surface area contributed by atoms with Crippen LogP contribution < -0.4 is 20.3 Å². The maximum atomic E-state index is 12.8. The first-order valence-corrected chi connectivity index (χ1v) is 9.94. The van der Waals surface area contributed by atoms with Gasteiger partial charge >= 0.3 is 0 Å². The number of carbonyl (C=O) groups is 1. The average molecular weight is 409 g/mol. The fraction of sp³-hybridized carbons (Fsp3) is 0.348. The van der Waals surface area contributed by atoms with Crippen LogP contribution in [0.15, 0.2) is 47.5 Å². The molecule has 1 aromatic heterocycles. The number of rotatable bonds is 8. The van der Waals surface area contributed by atoms with Gasteiger partial charge in [0.05, 0.1) is 31.4 Å².